The van der Waals surface area contributed by atoms with E-state index in [1.807, 2.05) is 11.4 Å². The van der Waals surface area contributed by atoms with E-state index in [9.17, 15) is 9.18 Å². The summed E-state index contributed by atoms with van der Waals surface area (Å²) in [5, 5.41) is 3.39. The SMILES string of the molecule is CCc1cc2c(=O)n(Cc3csc(-c4ccc(F)cc4)n3)cnc2s1. The fraction of sp³-hybridized carbons (Fsp3) is 0.167. The van der Waals surface area contributed by atoms with Crippen molar-refractivity contribution in [2.45, 2.75) is 19.9 Å². The van der Waals surface area contributed by atoms with Gasteiger partial charge in [-0.1, -0.05) is 6.92 Å². The third kappa shape index (κ3) is 3.12. The van der Waals surface area contributed by atoms with Crippen molar-refractivity contribution in [1.29, 1.82) is 0 Å². The van der Waals surface area contributed by atoms with Crippen molar-refractivity contribution in [1.82, 2.24) is 14.5 Å². The van der Waals surface area contributed by atoms with Crippen LogP contribution in [0.25, 0.3) is 20.8 Å². The second kappa shape index (κ2) is 6.50. The molecule has 0 aliphatic carbocycles. The summed E-state index contributed by atoms with van der Waals surface area (Å²) in [4.78, 5) is 23.5. The Kier molecular flexibility index (Phi) is 4.19. The van der Waals surface area contributed by atoms with Gasteiger partial charge in [-0.15, -0.1) is 22.7 Å². The van der Waals surface area contributed by atoms with Crippen molar-refractivity contribution >= 4 is 32.9 Å². The van der Waals surface area contributed by atoms with E-state index in [1.54, 1.807) is 34.4 Å². The van der Waals surface area contributed by atoms with Crippen LogP contribution in [0.15, 0.2) is 46.8 Å². The molecule has 4 rings (SSSR count). The van der Waals surface area contributed by atoms with Crippen molar-refractivity contribution < 1.29 is 4.39 Å². The van der Waals surface area contributed by atoms with Crippen molar-refractivity contribution in [2.24, 2.45) is 0 Å². The molecule has 25 heavy (non-hydrogen) atoms. The molecule has 0 aliphatic rings. The second-order valence-corrected chi connectivity index (χ2v) is 7.59. The van der Waals surface area contributed by atoms with Crippen LogP contribution in [0.5, 0.6) is 0 Å². The molecule has 0 atom stereocenters. The van der Waals surface area contributed by atoms with Crippen molar-refractivity contribution in [3.05, 3.63) is 68.8 Å². The van der Waals surface area contributed by atoms with Crippen LogP contribution in [-0.2, 0) is 13.0 Å². The molecule has 0 radical (unpaired) electrons. The minimum Gasteiger partial charge on any atom is -0.293 e. The molecule has 126 valence electrons. The lowest BCUT2D eigenvalue weighted by atomic mass is 10.2. The smallest absolute Gasteiger partial charge is 0.262 e. The van der Waals surface area contributed by atoms with Gasteiger partial charge in [-0.05, 0) is 36.8 Å². The number of thiophene rings is 1. The number of halogens is 1. The van der Waals surface area contributed by atoms with E-state index >= 15 is 0 Å². The fourth-order valence-electron chi connectivity index (χ4n) is 2.58. The molecule has 0 spiro atoms. The molecule has 0 amide bonds. The number of hydrogen-bond donors (Lipinski definition) is 0. The average molecular weight is 371 g/mol. The van der Waals surface area contributed by atoms with Crippen LogP contribution < -0.4 is 5.56 Å². The number of rotatable bonds is 4. The summed E-state index contributed by atoms with van der Waals surface area (Å²) in [5.74, 6) is -0.270. The van der Waals surface area contributed by atoms with Crippen molar-refractivity contribution in [3.63, 3.8) is 0 Å². The van der Waals surface area contributed by atoms with Gasteiger partial charge < -0.3 is 0 Å². The van der Waals surface area contributed by atoms with E-state index in [2.05, 4.69) is 16.9 Å². The second-order valence-electron chi connectivity index (χ2n) is 5.61. The fourth-order valence-corrected chi connectivity index (χ4v) is 4.32. The number of hydrogen-bond acceptors (Lipinski definition) is 5. The largest absolute Gasteiger partial charge is 0.293 e. The van der Waals surface area contributed by atoms with Gasteiger partial charge in [-0.25, -0.2) is 14.4 Å². The summed E-state index contributed by atoms with van der Waals surface area (Å²) in [6.45, 7) is 2.44. The molecular formula is C18H14FN3OS2. The van der Waals surface area contributed by atoms with Crippen LogP contribution >= 0.6 is 22.7 Å². The van der Waals surface area contributed by atoms with Crippen LogP contribution in [0, 0.1) is 5.82 Å². The van der Waals surface area contributed by atoms with Gasteiger partial charge in [0.1, 0.15) is 15.7 Å². The molecular weight excluding hydrogens is 357 g/mol. The van der Waals surface area contributed by atoms with E-state index in [-0.39, 0.29) is 11.4 Å². The Morgan fingerprint density at radius 1 is 1.24 bits per heavy atom. The third-order valence-corrected chi connectivity index (χ3v) is 6.02. The van der Waals surface area contributed by atoms with E-state index in [1.165, 1.54) is 23.5 Å². The first kappa shape index (κ1) is 16.1. The molecule has 0 N–H and O–H groups in total. The van der Waals surface area contributed by atoms with Crippen molar-refractivity contribution in [3.8, 4) is 10.6 Å². The van der Waals surface area contributed by atoms with Gasteiger partial charge in [0, 0.05) is 15.8 Å². The highest BCUT2D eigenvalue weighted by molar-refractivity contribution is 7.18. The van der Waals surface area contributed by atoms with Crippen molar-refractivity contribution in [2.75, 3.05) is 0 Å². The summed E-state index contributed by atoms with van der Waals surface area (Å²) in [7, 11) is 0. The summed E-state index contributed by atoms with van der Waals surface area (Å²) in [6, 6.07) is 8.17. The van der Waals surface area contributed by atoms with Gasteiger partial charge >= 0.3 is 0 Å². The van der Waals surface area contributed by atoms with Crippen LogP contribution in [0.1, 0.15) is 17.5 Å². The minimum absolute atomic E-state index is 0.0442. The predicted molar refractivity (Wildman–Crippen MR) is 99.9 cm³/mol. The lowest BCUT2D eigenvalue weighted by Gasteiger charge is -2.02. The minimum atomic E-state index is -0.270. The molecule has 0 saturated heterocycles. The lowest BCUT2D eigenvalue weighted by molar-refractivity contribution is 0.628. The first-order valence-electron chi connectivity index (χ1n) is 7.82. The van der Waals surface area contributed by atoms with Gasteiger partial charge in [0.2, 0.25) is 0 Å². The zero-order valence-corrected chi connectivity index (χ0v) is 15.0. The maximum atomic E-state index is 13.0. The lowest BCUT2D eigenvalue weighted by Crippen LogP contribution is -2.20. The zero-order chi connectivity index (χ0) is 17.4. The molecule has 7 heteroatoms. The zero-order valence-electron chi connectivity index (χ0n) is 13.4. The number of aryl methyl sites for hydroxylation is 1. The Hall–Kier alpha value is -2.38. The Bertz CT molecular complexity index is 1100. The molecule has 4 nitrogen and oxygen atoms in total. The normalized spacial score (nSPS) is 11.3. The highest BCUT2D eigenvalue weighted by atomic mass is 32.1. The molecule has 3 aromatic heterocycles. The maximum absolute atomic E-state index is 13.0. The van der Waals surface area contributed by atoms with Gasteiger partial charge in [-0.3, -0.25) is 9.36 Å². The number of benzene rings is 1. The summed E-state index contributed by atoms with van der Waals surface area (Å²) in [6.07, 6.45) is 2.48. The maximum Gasteiger partial charge on any atom is 0.262 e. The number of nitrogens with zero attached hydrogens (tertiary/aromatic N) is 3. The summed E-state index contributed by atoms with van der Waals surface area (Å²) >= 11 is 3.04. The van der Waals surface area contributed by atoms with E-state index in [0.717, 1.165) is 32.4 Å². The monoisotopic (exact) mass is 371 g/mol. The molecule has 0 aliphatic heterocycles. The third-order valence-electron chi connectivity index (χ3n) is 3.89. The Morgan fingerprint density at radius 2 is 2.04 bits per heavy atom. The highest BCUT2D eigenvalue weighted by Crippen LogP contribution is 2.24. The Morgan fingerprint density at radius 3 is 2.80 bits per heavy atom. The molecule has 4 aromatic rings. The van der Waals surface area contributed by atoms with Gasteiger partial charge in [0.05, 0.1) is 24.0 Å². The average Bonchev–Trinajstić information content (AvgIpc) is 3.25. The van der Waals surface area contributed by atoms with E-state index in [4.69, 9.17) is 0 Å². The van der Waals surface area contributed by atoms with Crippen LogP contribution in [-0.4, -0.2) is 14.5 Å². The number of thiazole rings is 1. The highest BCUT2D eigenvalue weighted by Gasteiger charge is 2.11. The Balaban J connectivity index is 1.64. The van der Waals surface area contributed by atoms with Crippen LogP contribution in [0.2, 0.25) is 0 Å². The van der Waals surface area contributed by atoms with E-state index in [0.29, 0.717) is 11.9 Å². The number of fused-ring (bicyclic) bond motifs is 1. The van der Waals surface area contributed by atoms with E-state index < -0.39 is 0 Å². The molecule has 0 bridgehead atoms. The standard InChI is InChI=1S/C18H14FN3OS2/c1-2-14-7-15-17(25-14)20-10-22(18(15)23)8-13-9-24-16(21-13)11-3-5-12(19)6-4-11/h3-7,9-10H,2,8H2,1H3. The first-order chi connectivity index (χ1) is 12.1. The number of aromatic nitrogens is 3. The predicted octanol–water partition coefficient (Wildman–Crippen LogP) is 4.33. The quantitative estimate of drug-likeness (QED) is 0.536. The van der Waals surface area contributed by atoms with Gasteiger partial charge in [0.15, 0.2) is 0 Å². The first-order valence-corrected chi connectivity index (χ1v) is 9.52. The van der Waals surface area contributed by atoms with Gasteiger partial charge in [-0.2, -0.15) is 0 Å². The molecule has 3 heterocycles. The summed E-state index contributed by atoms with van der Waals surface area (Å²) < 4.78 is 14.6. The Labute approximate surface area is 151 Å². The molecule has 1 aromatic carbocycles. The van der Waals surface area contributed by atoms with Crippen LogP contribution in [0.4, 0.5) is 4.39 Å². The molecule has 0 saturated carbocycles. The van der Waals surface area contributed by atoms with Crippen LogP contribution in [0.3, 0.4) is 0 Å². The molecule has 0 unspecified atom stereocenters. The molecule has 0 fully saturated rings. The topological polar surface area (TPSA) is 47.8 Å². The summed E-state index contributed by atoms with van der Waals surface area (Å²) in [5.41, 5.74) is 1.61. The van der Waals surface area contributed by atoms with Gasteiger partial charge in [0.25, 0.3) is 5.56 Å².